The quantitative estimate of drug-likeness (QED) is 0.760. The summed E-state index contributed by atoms with van der Waals surface area (Å²) in [5, 5.41) is 0. The first-order valence-electron chi connectivity index (χ1n) is 5.50. The molecule has 0 aliphatic heterocycles. The van der Waals surface area contributed by atoms with Gasteiger partial charge in [-0.05, 0) is 18.6 Å². The Morgan fingerprint density at radius 2 is 2.00 bits per heavy atom. The predicted octanol–water partition coefficient (Wildman–Crippen LogP) is 2.98. The average molecular weight is 230 g/mol. The van der Waals surface area contributed by atoms with E-state index in [9.17, 15) is 4.79 Å². The van der Waals surface area contributed by atoms with Crippen LogP contribution in [0.5, 0.6) is 5.75 Å². The van der Waals surface area contributed by atoms with Crippen molar-refractivity contribution in [3.8, 4) is 16.9 Å². The summed E-state index contributed by atoms with van der Waals surface area (Å²) in [6.45, 7) is 2.14. The molecule has 0 unspecified atom stereocenters. The molecule has 0 spiro atoms. The van der Waals surface area contributed by atoms with Crippen molar-refractivity contribution in [1.82, 2.24) is 0 Å². The molecule has 0 amide bonds. The van der Waals surface area contributed by atoms with Gasteiger partial charge in [0.15, 0.2) is 0 Å². The number of methoxy groups -OCH3 is 1. The summed E-state index contributed by atoms with van der Waals surface area (Å²) in [5.74, 6) is 0.218. The summed E-state index contributed by atoms with van der Waals surface area (Å²) in [6, 6.07) is 11.4. The van der Waals surface area contributed by atoms with Crippen LogP contribution in [-0.2, 0) is 4.74 Å². The fraction of sp³-hybridized carbons (Fsp3) is 0.214. The predicted molar refractivity (Wildman–Crippen MR) is 65.6 cm³/mol. The highest BCUT2D eigenvalue weighted by Gasteiger charge is 2.22. The molecular weight excluding hydrogens is 216 g/mol. The summed E-state index contributed by atoms with van der Waals surface area (Å²) in [4.78, 5) is 11.9. The summed E-state index contributed by atoms with van der Waals surface area (Å²) in [7, 11) is 1.55. The van der Waals surface area contributed by atoms with Crippen LogP contribution < -0.4 is 4.74 Å². The lowest BCUT2D eigenvalue weighted by Crippen LogP contribution is -2.05. The lowest BCUT2D eigenvalue weighted by atomic mass is 10.1. The lowest BCUT2D eigenvalue weighted by Gasteiger charge is -2.04. The Morgan fingerprint density at radius 3 is 2.71 bits per heavy atom. The number of carbonyl (C=O) groups is 1. The maximum absolute atomic E-state index is 11.9. The van der Waals surface area contributed by atoms with Gasteiger partial charge in [-0.25, -0.2) is 4.79 Å². The van der Waals surface area contributed by atoms with E-state index in [4.69, 9.17) is 9.47 Å². The highest BCUT2D eigenvalue weighted by molar-refractivity contribution is 6.02. The topological polar surface area (TPSA) is 35.5 Å². The summed E-state index contributed by atoms with van der Waals surface area (Å²) >= 11 is 0. The minimum Gasteiger partial charge on any atom is -0.496 e. The van der Waals surface area contributed by atoms with Gasteiger partial charge in [0.1, 0.15) is 11.3 Å². The SMILES string of the molecule is CCOC(=O)c1c(OC)cc2cccccc1-2. The summed E-state index contributed by atoms with van der Waals surface area (Å²) in [6.07, 6.45) is 0. The Balaban J connectivity index is 2.58. The van der Waals surface area contributed by atoms with Crippen LogP contribution in [0, 0.1) is 0 Å². The smallest absolute Gasteiger partial charge is 0.342 e. The monoisotopic (exact) mass is 230 g/mol. The molecule has 2 aliphatic rings. The van der Waals surface area contributed by atoms with Gasteiger partial charge in [-0.2, -0.15) is 0 Å². The van der Waals surface area contributed by atoms with Crippen LogP contribution in [0.4, 0.5) is 0 Å². The molecule has 2 rings (SSSR count). The number of carbonyl (C=O) groups excluding carboxylic acids is 1. The van der Waals surface area contributed by atoms with E-state index >= 15 is 0 Å². The van der Waals surface area contributed by atoms with Crippen LogP contribution in [0.15, 0.2) is 36.4 Å². The third-order valence-corrected chi connectivity index (χ3v) is 2.57. The Labute approximate surface area is 100 Å². The zero-order chi connectivity index (χ0) is 12.3. The maximum atomic E-state index is 11.9. The van der Waals surface area contributed by atoms with Crippen molar-refractivity contribution >= 4 is 5.97 Å². The minimum atomic E-state index is -0.342. The van der Waals surface area contributed by atoms with Gasteiger partial charge in [-0.15, -0.1) is 0 Å². The van der Waals surface area contributed by atoms with Gasteiger partial charge in [0.2, 0.25) is 0 Å². The molecule has 2 aliphatic carbocycles. The van der Waals surface area contributed by atoms with Crippen molar-refractivity contribution in [2.75, 3.05) is 13.7 Å². The molecule has 3 nitrogen and oxygen atoms in total. The van der Waals surface area contributed by atoms with Gasteiger partial charge in [0.25, 0.3) is 0 Å². The first-order valence-corrected chi connectivity index (χ1v) is 5.50. The third-order valence-electron chi connectivity index (χ3n) is 2.57. The van der Waals surface area contributed by atoms with Gasteiger partial charge in [0.05, 0.1) is 13.7 Å². The molecule has 0 bridgehead atoms. The minimum absolute atomic E-state index is 0.342. The fourth-order valence-corrected chi connectivity index (χ4v) is 1.84. The Kier molecular flexibility index (Phi) is 3.28. The number of hydrogen-bond acceptors (Lipinski definition) is 3. The van der Waals surface area contributed by atoms with E-state index in [1.807, 2.05) is 36.4 Å². The van der Waals surface area contributed by atoms with E-state index < -0.39 is 0 Å². The second-order valence-corrected chi connectivity index (χ2v) is 3.59. The molecule has 0 saturated heterocycles. The third kappa shape index (κ3) is 2.09. The Bertz CT molecular complexity index is 505. The highest BCUT2D eigenvalue weighted by Crippen LogP contribution is 2.36. The van der Waals surface area contributed by atoms with Gasteiger partial charge in [-0.1, -0.05) is 30.3 Å². The number of ether oxygens (including phenoxy) is 2. The standard InChI is InChI=1S/C14H14O3/c1-3-17-14(15)13-11-8-6-4-5-7-10(11)9-12(13)16-2/h4-9H,3H2,1-2H3. The maximum Gasteiger partial charge on any atom is 0.342 e. The van der Waals surface area contributed by atoms with Crippen LogP contribution >= 0.6 is 0 Å². The molecule has 0 fully saturated rings. The van der Waals surface area contributed by atoms with Crippen molar-refractivity contribution in [3.05, 3.63) is 42.0 Å². The van der Waals surface area contributed by atoms with E-state index in [0.717, 1.165) is 11.1 Å². The fourth-order valence-electron chi connectivity index (χ4n) is 1.84. The summed E-state index contributed by atoms with van der Waals surface area (Å²) < 4.78 is 10.3. The normalized spacial score (nSPS) is 10.2. The second kappa shape index (κ2) is 4.87. The van der Waals surface area contributed by atoms with E-state index in [1.165, 1.54) is 0 Å². The lowest BCUT2D eigenvalue weighted by molar-refractivity contribution is 0.0524. The van der Waals surface area contributed by atoms with Crippen LogP contribution in [0.25, 0.3) is 11.1 Å². The zero-order valence-electron chi connectivity index (χ0n) is 9.90. The first kappa shape index (κ1) is 11.5. The first-order chi connectivity index (χ1) is 8.27. The van der Waals surface area contributed by atoms with Crippen molar-refractivity contribution in [3.63, 3.8) is 0 Å². The molecule has 0 N–H and O–H groups in total. The molecular formula is C14H14O3. The van der Waals surface area contributed by atoms with E-state index in [0.29, 0.717) is 17.9 Å². The zero-order valence-corrected chi connectivity index (χ0v) is 9.90. The highest BCUT2D eigenvalue weighted by atomic mass is 16.5. The summed E-state index contributed by atoms with van der Waals surface area (Å²) in [5.41, 5.74) is 2.32. The van der Waals surface area contributed by atoms with Gasteiger partial charge in [0, 0.05) is 5.56 Å². The molecule has 17 heavy (non-hydrogen) atoms. The largest absolute Gasteiger partial charge is 0.496 e. The molecule has 0 aromatic rings. The molecule has 0 radical (unpaired) electrons. The molecule has 0 saturated carbocycles. The molecule has 88 valence electrons. The van der Waals surface area contributed by atoms with Crippen molar-refractivity contribution in [2.45, 2.75) is 6.92 Å². The Hall–Kier alpha value is -2.03. The van der Waals surface area contributed by atoms with Crippen LogP contribution in [-0.4, -0.2) is 19.7 Å². The molecule has 0 aromatic carbocycles. The molecule has 0 atom stereocenters. The second-order valence-electron chi connectivity index (χ2n) is 3.59. The van der Waals surface area contributed by atoms with Crippen LogP contribution in [0.3, 0.4) is 0 Å². The molecule has 0 aromatic heterocycles. The Morgan fingerprint density at radius 1 is 1.24 bits per heavy atom. The molecule has 3 heteroatoms. The number of hydrogen-bond donors (Lipinski definition) is 0. The van der Waals surface area contributed by atoms with E-state index in [-0.39, 0.29) is 5.97 Å². The van der Waals surface area contributed by atoms with Gasteiger partial charge >= 0.3 is 5.97 Å². The van der Waals surface area contributed by atoms with Crippen LogP contribution in [0.1, 0.15) is 17.3 Å². The van der Waals surface area contributed by atoms with E-state index in [1.54, 1.807) is 14.0 Å². The van der Waals surface area contributed by atoms with Crippen molar-refractivity contribution in [2.24, 2.45) is 0 Å². The number of esters is 1. The van der Waals surface area contributed by atoms with Gasteiger partial charge < -0.3 is 9.47 Å². The van der Waals surface area contributed by atoms with Crippen molar-refractivity contribution in [1.29, 1.82) is 0 Å². The van der Waals surface area contributed by atoms with E-state index in [2.05, 4.69) is 0 Å². The van der Waals surface area contributed by atoms with Crippen LogP contribution in [0.2, 0.25) is 0 Å². The average Bonchev–Trinajstić information content (AvgIpc) is 2.52. The number of rotatable bonds is 3. The van der Waals surface area contributed by atoms with Gasteiger partial charge in [-0.3, -0.25) is 0 Å². The van der Waals surface area contributed by atoms with Crippen molar-refractivity contribution < 1.29 is 14.3 Å². The molecule has 0 heterocycles. The number of fused-ring (bicyclic) bond motifs is 1.